The van der Waals surface area contributed by atoms with Crippen molar-refractivity contribution in [3.63, 3.8) is 0 Å². The van der Waals surface area contributed by atoms with Crippen LogP contribution in [0, 0.1) is 5.92 Å². The topological polar surface area (TPSA) is 133 Å². The molecule has 0 aliphatic heterocycles. The largest absolute Gasteiger partial charge is 0.445 e. The number of aryl methyl sites for hydroxylation is 1. The zero-order valence-corrected chi connectivity index (χ0v) is 18.6. The van der Waals surface area contributed by atoms with Crippen molar-refractivity contribution in [2.75, 3.05) is 6.54 Å². The number of alkyl carbamates (subject to hydrolysis) is 1. The molecule has 2 amide bonds. The number of ketones is 1. The van der Waals surface area contributed by atoms with E-state index in [1.807, 2.05) is 51.1 Å². The summed E-state index contributed by atoms with van der Waals surface area (Å²) in [6.07, 6.45) is 1.14. The number of carbonyl (C=O) groups excluding carboxylic acids is 3. The third kappa shape index (κ3) is 8.01. The standard InChI is InChI=1S/C22H30N4O6/c1-4-5-11-26-22(30)32-20(25-26)19(28)17(12-15(2)3)24-18(27)13-23-21(29)31-14-16-9-7-6-8-10-16/h6-10,15,17H,4-5,11-14H2,1-3H3,(H,23,29)(H,24,27)/t17-/m0/s1. The number of benzene rings is 1. The molecule has 0 saturated heterocycles. The van der Waals surface area contributed by atoms with E-state index in [0.717, 1.165) is 23.1 Å². The molecule has 0 fully saturated rings. The fourth-order valence-corrected chi connectivity index (χ4v) is 2.88. The van der Waals surface area contributed by atoms with Crippen LogP contribution in [0.3, 0.4) is 0 Å². The van der Waals surface area contributed by atoms with Gasteiger partial charge in [0.1, 0.15) is 13.2 Å². The van der Waals surface area contributed by atoms with Crippen LogP contribution in [0.1, 0.15) is 56.3 Å². The van der Waals surface area contributed by atoms with E-state index >= 15 is 0 Å². The van der Waals surface area contributed by atoms with Gasteiger partial charge in [0, 0.05) is 6.54 Å². The maximum Gasteiger partial charge on any atom is 0.437 e. The maximum atomic E-state index is 12.8. The average molecular weight is 447 g/mol. The van der Waals surface area contributed by atoms with Crippen molar-refractivity contribution in [2.24, 2.45) is 5.92 Å². The number of hydrogen-bond donors (Lipinski definition) is 2. The first kappa shape index (κ1) is 24.8. The molecule has 10 nitrogen and oxygen atoms in total. The summed E-state index contributed by atoms with van der Waals surface area (Å²) < 4.78 is 11.2. The van der Waals surface area contributed by atoms with E-state index in [0.29, 0.717) is 13.0 Å². The van der Waals surface area contributed by atoms with E-state index in [4.69, 9.17) is 9.15 Å². The molecule has 0 spiro atoms. The van der Waals surface area contributed by atoms with Gasteiger partial charge in [0.25, 0.3) is 5.89 Å². The Balaban J connectivity index is 1.91. The Morgan fingerprint density at radius 1 is 1.19 bits per heavy atom. The minimum atomic E-state index is -0.942. The molecule has 1 aromatic heterocycles. The van der Waals surface area contributed by atoms with Gasteiger partial charge in [0.05, 0.1) is 6.04 Å². The average Bonchev–Trinajstić information content (AvgIpc) is 3.14. The molecule has 0 aliphatic rings. The summed E-state index contributed by atoms with van der Waals surface area (Å²) in [6, 6.07) is 8.18. The number of nitrogens with zero attached hydrogens (tertiary/aromatic N) is 2. The molecule has 10 heteroatoms. The van der Waals surface area contributed by atoms with Crippen LogP contribution >= 0.6 is 0 Å². The highest BCUT2D eigenvalue weighted by Crippen LogP contribution is 2.10. The Morgan fingerprint density at radius 3 is 2.56 bits per heavy atom. The highest BCUT2D eigenvalue weighted by Gasteiger charge is 2.28. The lowest BCUT2D eigenvalue weighted by molar-refractivity contribution is -0.120. The molecule has 1 atom stereocenters. The summed E-state index contributed by atoms with van der Waals surface area (Å²) in [4.78, 5) is 48.8. The summed E-state index contributed by atoms with van der Waals surface area (Å²) in [5.74, 6) is -2.15. The van der Waals surface area contributed by atoms with Gasteiger partial charge in [-0.25, -0.2) is 9.59 Å². The van der Waals surface area contributed by atoms with Crippen LogP contribution < -0.4 is 16.4 Å². The maximum absolute atomic E-state index is 12.8. The van der Waals surface area contributed by atoms with Gasteiger partial charge < -0.3 is 19.8 Å². The predicted octanol–water partition coefficient (Wildman–Crippen LogP) is 2.28. The van der Waals surface area contributed by atoms with Crippen molar-refractivity contribution >= 4 is 17.8 Å². The third-order valence-electron chi connectivity index (χ3n) is 4.51. The van der Waals surface area contributed by atoms with Gasteiger partial charge in [-0.05, 0) is 24.3 Å². The molecule has 0 radical (unpaired) electrons. The summed E-state index contributed by atoms with van der Waals surface area (Å²) in [6.45, 7) is 5.80. The summed E-state index contributed by atoms with van der Waals surface area (Å²) in [7, 11) is 0. The molecular formula is C22H30N4O6. The van der Waals surface area contributed by atoms with Crippen LogP contribution in [0.4, 0.5) is 4.79 Å². The number of carbonyl (C=O) groups is 3. The molecule has 0 saturated carbocycles. The van der Waals surface area contributed by atoms with Crippen molar-refractivity contribution in [3.05, 3.63) is 52.3 Å². The van der Waals surface area contributed by atoms with Gasteiger partial charge in [0.2, 0.25) is 11.7 Å². The van der Waals surface area contributed by atoms with Crippen LogP contribution in [0.2, 0.25) is 0 Å². The number of Topliss-reactive ketones (excluding diaryl/α,β-unsaturated/α-hetero) is 1. The highest BCUT2D eigenvalue weighted by atomic mass is 16.5. The van der Waals surface area contributed by atoms with Gasteiger partial charge in [0.15, 0.2) is 0 Å². The lowest BCUT2D eigenvalue weighted by Crippen LogP contribution is -2.46. The second-order valence-electron chi connectivity index (χ2n) is 7.78. The van der Waals surface area contributed by atoms with E-state index in [1.54, 1.807) is 0 Å². The number of nitrogens with one attached hydrogen (secondary N) is 2. The molecule has 32 heavy (non-hydrogen) atoms. The molecule has 0 bridgehead atoms. The van der Waals surface area contributed by atoms with E-state index < -0.39 is 29.6 Å². The molecule has 2 aromatic rings. The molecule has 0 aliphatic carbocycles. The number of unbranched alkanes of at least 4 members (excludes halogenated alkanes) is 1. The minimum Gasteiger partial charge on any atom is -0.445 e. The van der Waals surface area contributed by atoms with Crippen LogP contribution in [-0.2, 0) is 22.7 Å². The van der Waals surface area contributed by atoms with E-state index in [2.05, 4.69) is 15.7 Å². The second-order valence-corrected chi connectivity index (χ2v) is 7.78. The van der Waals surface area contributed by atoms with Crippen molar-refractivity contribution in [3.8, 4) is 0 Å². The van der Waals surface area contributed by atoms with Crippen molar-refractivity contribution in [1.29, 1.82) is 0 Å². The molecule has 174 valence electrons. The fourth-order valence-electron chi connectivity index (χ4n) is 2.88. The van der Waals surface area contributed by atoms with E-state index in [9.17, 15) is 19.2 Å². The zero-order chi connectivity index (χ0) is 23.5. The highest BCUT2D eigenvalue weighted by molar-refractivity contribution is 5.98. The summed E-state index contributed by atoms with van der Waals surface area (Å²) in [5, 5.41) is 8.88. The van der Waals surface area contributed by atoms with E-state index in [1.165, 1.54) is 0 Å². The minimum absolute atomic E-state index is 0.0712. The first-order chi connectivity index (χ1) is 15.3. The molecule has 0 unspecified atom stereocenters. The SMILES string of the molecule is CCCCn1nc(C(=O)[C@H](CC(C)C)NC(=O)CNC(=O)OCc2ccccc2)oc1=O. The molecule has 1 aromatic carbocycles. The Labute approximate surface area is 186 Å². The summed E-state index contributed by atoms with van der Waals surface area (Å²) >= 11 is 0. The fraction of sp³-hybridized carbons (Fsp3) is 0.500. The Kier molecular flexibility index (Phi) is 9.65. The van der Waals surface area contributed by atoms with Crippen LogP contribution in [0.25, 0.3) is 0 Å². The van der Waals surface area contributed by atoms with Gasteiger partial charge in [-0.2, -0.15) is 4.68 Å². The first-order valence-electron chi connectivity index (χ1n) is 10.7. The predicted molar refractivity (Wildman–Crippen MR) is 116 cm³/mol. The Bertz CT molecular complexity index is 951. The Hall–Kier alpha value is -3.43. The lowest BCUT2D eigenvalue weighted by Gasteiger charge is -2.18. The summed E-state index contributed by atoms with van der Waals surface area (Å²) in [5.41, 5.74) is 0.814. The molecule has 2 N–H and O–H groups in total. The van der Waals surface area contributed by atoms with Gasteiger partial charge in [-0.1, -0.05) is 57.5 Å². The van der Waals surface area contributed by atoms with Crippen molar-refractivity contribution in [2.45, 2.75) is 59.2 Å². The van der Waals surface area contributed by atoms with Gasteiger partial charge in [-0.15, -0.1) is 5.10 Å². The monoisotopic (exact) mass is 446 g/mol. The second kappa shape index (κ2) is 12.4. The smallest absolute Gasteiger partial charge is 0.437 e. The number of amides is 2. The van der Waals surface area contributed by atoms with Crippen molar-refractivity contribution in [1.82, 2.24) is 20.4 Å². The Morgan fingerprint density at radius 2 is 1.91 bits per heavy atom. The number of ether oxygens (including phenoxy) is 1. The third-order valence-corrected chi connectivity index (χ3v) is 4.51. The normalized spacial score (nSPS) is 11.8. The number of aromatic nitrogens is 2. The lowest BCUT2D eigenvalue weighted by atomic mass is 10.00. The van der Waals surface area contributed by atoms with Crippen molar-refractivity contribution < 1.29 is 23.5 Å². The molecule has 1 heterocycles. The van der Waals surface area contributed by atoms with Crippen LogP contribution in [0.15, 0.2) is 39.5 Å². The van der Waals surface area contributed by atoms with E-state index in [-0.39, 0.29) is 25.0 Å². The number of hydrogen-bond acceptors (Lipinski definition) is 7. The molecule has 2 rings (SSSR count). The quantitative estimate of drug-likeness (QED) is 0.478. The van der Waals surface area contributed by atoms with Gasteiger partial charge in [-0.3, -0.25) is 9.59 Å². The van der Waals surface area contributed by atoms with Gasteiger partial charge >= 0.3 is 11.8 Å². The molecular weight excluding hydrogens is 416 g/mol. The van der Waals surface area contributed by atoms with Crippen LogP contribution in [-0.4, -0.2) is 40.2 Å². The zero-order valence-electron chi connectivity index (χ0n) is 18.6. The first-order valence-corrected chi connectivity index (χ1v) is 10.7. The van der Waals surface area contributed by atoms with Crippen LogP contribution in [0.5, 0.6) is 0 Å². The number of rotatable bonds is 12.